The summed E-state index contributed by atoms with van der Waals surface area (Å²) in [6, 6.07) is 0. The first-order valence-electron chi connectivity index (χ1n) is 4.11. The van der Waals surface area contributed by atoms with Crippen LogP contribution in [0.1, 0.15) is 13.8 Å². The van der Waals surface area contributed by atoms with Crippen molar-refractivity contribution in [2.45, 2.75) is 13.8 Å². The van der Waals surface area contributed by atoms with Gasteiger partial charge in [0.15, 0.2) is 5.71 Å². The van der Waals surface area contributed by atoms with Gasteiger partial charge in [-0.15, -0.1) is 0 Å². The Morgan fingerprint density at radius 1 is 1.46 bits per heavy atom. The van der Waals surface area contributed by atoms with E-state index in [0.717, 1.165) is 5.75 Å². The highest BCUT2D eigenvalue weighted by Gasteiger charge is 2.12. The molecule has 0 rings (SSSR count). The Morgan fingerprint density at radius 2 is 2.15 bits per heavy atom. The van der Waals surface area contributed by atoms with Crippen molar-refractivity contribution in [3.05, 3.63) is 0 Å². The Balaban J connectivity index is 4.08. The van der Waals surface area contributed by atoms with Crippen LogP contribution in [0.25, 0.3) is 0 Å². The molecule has 0 heterocycles. The van der Waals surface area contributed by atoms with Crippen LogP contribution in [-0.4, -0.2) is 36.9 Å². The number of esters is 1. The molecular formula is C8H15NO3S. The summed E-state index contributed by atoms with van der Waals surface area (Å²) < 4.78 is 4.79. The molecule has 4 nitrogen and oxygen atoms in total. The predicted molar refractivity (Wildman–Crippen MR) is 54.1 cm³/mol. The molecule has 0 fully saturated rings. The van der Waals surface area contributed by atoms with E-state index in [2.05, 4.69) is 9.99 Å². The average Bonchev–Trinajstić information content (AvgIpc) is 2.12. The monoisotopic (exact) mass is 205 g/mol. The Bertz CT molecular complexity index is 182. The van der Waals surface area contributed by atoms with Gasteiger partial charge in [-0.3, -0.25) is 0 Å². The summed E-state index contributed by atoms with van der Waals surface area (Å²) in [5, 5.41) is 3.60. The Hall–Kier alpha value is -0.710. The van der Waals surface area contributed by atoms with E-state index < -0.39 is 5.97 Å². The molecule has 0 aromatic carbocycles. The van der Waals surface area contributed by atoms with Crippen molar-refractivity contribution < 1.29 is 14.4 Å². The predicted octanol–water partition coefficient (Wildman–Crippen LogP) is 1.30. The maximum absolute atomic E-state index is 11.2. The molecule has 0 aromatic heterocycles. The van der Waals surface area contributed by atoms with Gasteiger partial charge in [0.1, 0.15) is 7.11 Å². The fourth-order valence-electron chi connectivity index (χ4n) is 0.646. The fraction of sp³-hybridized carbons (Fsp3) is 0.750. The fourth-order valence-corrected chi connectivity index (χ4v) is 1.21. The molecule has 0 bridgehead atoms. The lowest BCUT2D eigenvalue weighted by molar-refractivity contribution is -0.135. The van der Waals surface area contributed by atoms with Gasteiger partial charge < -0.3 is 9.57 Å². The van der Waals surface area contributed by atoms with E-state index in [1.807, 2.05) is 6.92 Å². The summed E-state index contributed by atoms with van der Waals surface area (Å²) in [5.41, 5.74) is 0.330. The lowest BCUT2D eigenvalue weighted by Crippen LogP contribution is -2.20. The SMILES string of the molecule is CCOC(=O)C(CSCC)=NOC. The van der Waals surface area contributed by atoms with Gasteiger partial charge in [-0.2, -0.15) is 11.8 Å². The molecule has 0 saturated carbocycles. The number of oxime groups is 1. The third-order valence-corrected chi connectivity index (χ3v) is 2.04. The second-order valence-electron chi connectivity index (χ2n) is 2.08. The summed E-state index contributed by atoms with van der Waals surface area (Å²) in [6.07, 6.45) is 0. The number of carbonyl (C=O) groups excluding carboxylic acids is 1. The number of rotatable bonds is 6. The van der Waals surface area contributed by atoms with Crippen LogP contribution in [0.15, 0.2) is 5.16 Å². The van der Waals surface area contributed by atoms with Crippen LogP contribution in [-0.2, 0) is 14.4 Å². The molecule has 0 unspecified atom stereocenters. The zero-order valence-corrected chi connectivity index (χ0v) is 9.02. The molecule has 0 N–H and O–H groups in total. The highest BCUT2D eigenvalue weighted by atomic mass is 32.2. The summed E-state index contributed by atoms with van der Waals surface area (Å²) >= 11 is 1.60. The molecule has 0 aliphatic heterocycles. The highest BCUT2D eigenvalue weighted by Crippen LogP contribution is 2.01. The number of nitrogens with zero attached hydrogens (tertiary/aromatic N) is 1. The van der Waals surface area contributed by atoms with Gasteiger partial charge in [-0.1, -0.05) is 12.1 Å². The summed E-state index contributed by atoms with van der Waals surface area (Å²) in [5.74, 6) is 1.07. The minimum Gasteiger partial charge on any atom is -0.461 e. The first-order valence-corrected chi connectivity index (χ1v) is 5.26. The first-order chi connectivity index (χ1) is 6.26. The Morgan fingerprint density at radius 3 is 2.62 bits per heavy atom. The van der Waals surface area contributed by atoms with Crippen LogP contribution in [0.2, 0.25) is 0 Å². The molecule has 0 saturated heterocycles. The van der Waals surface area contributed by atoms with Gasteiger partial charge in [0.05, 0.1) is 6.61 Å². The number of carbonyl (C=O) groups is 1. The van der Waals surface area contributed by atoms with Crippen molar-refractivity contribution in [1.82, 2.24) is 0 Å². The number of ether oxygens (including phenoxy) is 1. The second kappa shape index (κ2) is 7.91. The molecule has 0 atom stereocenters. The van der Waals surface area contributed by atoms with Crippen LogP contribution < -0.4 is 0 Å². The van der Waals surface area contributed by atoms with E-state index in [1.54, 1.807) is 18.7 Å². The molecule has 13 heavy (non-hydrogen) atoms. The number of hydrogen-bond donors (Lipinski definition) is 0. The van der Waals surface area contributed by atoms with Gasteiger partial charge in [0, 0.05) is 5.75 Å². The third-order valence-electron chi connectivity index (χ3n) is 1.16. The zero-order chi connectivity index (χ0) is 10.1. The minimum atomic E-state index is -0.398. The smallest absolute Gasteiger partial charge is 0.356 e. The molecule has 5 heteroatoms. The van der Waals surface area contributed by atoms with Crippen LogP contribution in [0.3, 0.4) is 0 Å². The number of thioether (sulfide) groups is 1. The molecule has 0 radical (unpaired) electrons. The van der Waals surface area contributed by atoms with E-state index in [1.165, 1.54) is 7.11 Å². The van der Waals surface area contributed by atoms with E-state index >= 15 is 0 Å². The standard InChI is InChI=1S/C8H15NO3S/c1-4-12-8(10)7(9-11-3)6-13-5-2/h4-6H2,1-3H3. The lowest BCUT2D eigenvalue weighted by Gasteiger charge is -2.03. The largest absolute Gasteiger partial charge is 0.461 e. The van der Waals surface area contributed by atoms with E-state index in [0.29, 0.717) is 18.1 Å². The maximum Gasteiger partial charge on any atom is 0.356 e. The molecule has 0 spiro atoms. The van der Waals surface area contributed by atoms with Crippen molar-refractivity contribution >= 4 is 23.4 Å². The maximum atomic E-state index is 11.2. The van der Waals surface area contributed by atoms with Gasteiger partial charge in [0.25, 0.3) is 0 Å². The van der Waals surface area contributed by atoms with Crippen LogP contribution >= 0.6 is 11.8 Å². The normalized spacial score (nSPS) is 11.2. The minimum absolute atomic E-state index is 0.330. The van der Waals surface area contributed by atoms with Gasteiger partial charge in [-0.05, 0) is 12.7 Å². The summed E-state index contributed by atoms with van der Waals surface area (Å²) in [7, 11) is 1.41. The van der Waals surface area contributed by atoms with Crippen LogP contribution in [0.5, 0.6) is 0 Å². The van der Waals surface area contributed by atoms with E-state index in [9.17, 15) is 4.79 Å². The third kappa shape index (κ3) is 5.52. The lowest BCUT2D eigenvalue weighted by atomic mass is 10.4. The summed E-state index contributed by atoms with van der Waals surface area (Å²) in [6.45, 7) is 4.13. The second-order valence-corrected chi connectivity index (χ2v) is 3.35. The average molecular weight is 205 g/mol. The van der Waals surface area contributed by atoms with Crippen molar-refractivity contribution in [3.8, 4) is 0 Å². The summed E-state index contributed by atoms with van der Waals surface area (Å²) in [4.78, 5) is 15.7. The Labute approximate surface area is 82.7 Å². The van der Waals surface area contributed by atoms with Gasteiger partial charge >= 0.3 is 5.97 Å². The zero-order valence-electron chi connectivity index (χ0n) is 8.20. The van der Waals surface area contributed by atoms with Crippen molar-refractivity contribution in [2.75, 3.05) is 25.2 Å². The van der Waals surface area contributed by atoms with E-state index in [-0.39, 0.29) is 0 Å². The molecule has 0 aliphatic carbocycles. The van der Waals surface area contributed by atoms with Gasteiger partial charge in [0.2, 0.25) is 0 Å². The quantitative estimate of drug-likeness (QED) is 0.372. The topological polar surface area (TPSA) is 47.9 Å². The molecule has 0 aromatic rings. The number of hydrogen-bond acceptors (Lipinski definition) is 5. The molecule has 76 valence electrons. The molecule has 0 amide bonds. The molecular weight excluding hydrogens is 190 g/mol. The van der Waals surface area contributed by atoms with E-state index in [4.69, 9.17) is 4.74 Å². The highest BCUT2D eigenvalue weighted by molar-refractivity contribution is 8.00. The van der Waals surface area contributed by atoms with Crippen molar-refractivity contribution in [1.29, 1.82) is 0 Å². The van der Waals surface area contributed by atoms with Crippen molar-refractivity contribution in [3.63, 3.8) is 0 Å². The van der Waals surface area contributed by atoms with Crippen LogP contribution in [0, 0.1) is 0 Å². The van der Waals surface area contributed by atoms with Crippen LogP contribution in [0.4, 0.5) is 0 Å². The van der Waals surface area contributed by atoms with Gasteiger partial charge in [-0.25, -0.2) is 4.79 Å². The molecule has 0 aliphatic rings. The first kappa shape index (κ1) is 12.3. The Kier molecular flexibility index (Phi) is 7.48. The van der Waals surface area contributed by atoms with Crippen molar-refractivity contribution in [2.24, 2.45) is 5.16 Å².